The lowest BCUT2D eigenvalue weighted by molar-refractivity contribution is -0.178. The largest absolute Gasteiger partial charge is 0.423 e. The highest BCUT2D eigenvalue weighted by molar-refractivity contribution is 7.86. The number of carbonyl (C=O) groups is 1. The van der Waals surface area contributed by atoms with E-state index < -0.39 is 33.1 Å². The smallest absolute Gasteiger partial charge is 0.291 e. The van der Waals surface area contributed by atoms with E-state index in [1.54, 1.807) is 0 Å². The molecule has 122 valence electrons. The Morgan fingerprint density at radius 1 is 0.913 bits per heavy atom. The molecule has 0 amide bonds. The van der Waals surface area contributed by atoms with Gasteiger partial charge < -0.3 is 0 Å². The van der Waals surface area contributed by atoms with Gasteiger partial charge in [-0.05, 0) is 12.1 Å². The highest BCUT2D eigenvalue weighted by Gasteiger charge is 2.49. The Kier molecular flexibility index (Phi) is 4.86. The van der Waals surface area contributed by atoms with E-state index in [0.717, 1.165) is 24.3 Å². The summed E-state index contributed by atoms with van der Waals surface area (Å²) < 4.78 is 67.4. The minimum Gasteiger partial charge on any atom is -0.291 e. The molecule has 8 heteroatoms. The Morgan fingerprint density at radius 3 is 1.87 bits per heavy atom. The van der Waals surface area contributed by atoms with Gasteiger partial charge in [0.1, 0.15) is 0 Å². The van der Waals surface area contributed by atoms with E-state index in [2.05, 4.69) is 4.18 Å². The molecule has 0 saturated heterocycles. The number of ketones is 1. The quantitative estimate of drug-likeness (QED) is 0.617. The van der Waals surface area contributed by atoms with Crippen LogP contribution in [0.3, 0.4) is 0 Å². The highest BCUT2D eigenvalue weighted by Crippen LogP contribution is 2.29. The van der Waals surface area contributed by atoms with Crippen LogP contribution in [-0.2, 0) is 14.3 Å². The topological polar surface area (TPSA) is 60.4 Å². The van der Waals surface area contributed by atoms with Crippen molar-refractivity contribution < 1.29 is 30.6 Å². The Bertz CT molecular complexity index is 771. The Balaban J connectivity index is 2.36. The third-order valence-electron chi connectivity index (χ3n) is 2.85. The fraction of sp³-hybridized carbons (Fsp3) is 0.133. The highest BCUT2D eigenvalue weighted by atomic mass is 32.2. The van der Waals surface area contributed by atoms with Gasteiger partial charge in [0.25, 0.3) is 10.1 Å². The molecule has 0 spiro atoms. The monoisotopic (exact) mass is 344 g/mol. The first-order valence-electron chi connectivity index (χ1n) is 6.36. The van der Waals surface area contributed by atoms with Crippen molar-refractivity contribution >= 4 is 15.9 Å². The third kappa shape index (κ3) is 4.17. The summed E-state index contributed by atoms with van der Waals surface area (Å²) in [5, 5.41) is 0. The molecule has 0 aromatic heterocycles. The number of rotatable bonds is 5. The zero-order chi connectivity index (χ0) is 17.1. The molecule has 23 heavy (non-hydrogen) atoms. The van der Waals surface area contributed by atoms with E-state index >= 15 is 0 Å². The summed E-state index contributed by atoms with van der Waals surface area (Å²) in [5.41, 5.74) is -0.293. The molecule has 0 fully saturated rings. The van der Waals surface area contributed by atoms with Gasteiger partial charge in [-0.25, -0.2) is 4.18 Å². The molecule has 0 heterocycles. The van der Waals surface area contributed by atoms with Gasteiger partial charge in [0.15, 0.2) is 0 Å². The number of halogens is 3. The predicted octanol–water partition coefficient (Wildman–Crippen LogP) is 3.21. The molecule has 0 radical (unpaired) electrons. The lowest BCUT2D eigenvalue weighted by Crippen LogP contribution is -2.40. The summed E-state index contributed by atoms with van der Waals surface area (Å²) in [5.74, 6) is -1.47. The molecule has 4 nitrogen and oxygen atoms in total. The average molecular weight is 344 g/mol. The molecule has 0 aliphatic heterocycles. The van der Waals surface area contributed by atoms with Crippen molar-refractivity contribution in [3.63, 3.8) is 0 Å². The van der Waals surface area contributed by atoms with Crippen LogP contribution in [0.5, 0.6) is 0 Å². The van der Waals surface area contributed by atoms with Crippen molar-refractivity contribution in [2.75, 3.05) is 0 Å². The predicted molar refractivity (Wildman–Crippen MR) is 75.3 cm³/mol. The molecule has 2 aromatic rings. The summed E-state index contributed by atoms with van der Waals surface area (Å²) in [7, 11) is -4.74. The summed E-state index contributed by atoms with van der Waals surface area (Å²) in [6.45, 7) is 0. The minimum atomic E-state index is -5.17. The molecule has 1 atom stereocenters. The van der Waals surface area contributed by atoms with E-state index in [-0.39, 0.29) is 5.56 Å². The van der Waals surface area contributed by atoms with E-state index in [0.29, 0.717) is 0 Å². The van der Waals surface area contributed by atoms with Crippen molar-refractivity contribution in [3.8, 4) is 0 Å². The van der Waals surface area contributed by atoms with Crippen molar-refractivity contribution in [1.82, 2.24) is 0 Å². The van der Waals surface area contributed by atoms with Crippen molar-refractivity contribution in [3.05, 3.63) is 66.2 Å². The second-order valence-corrected chi connectivity index (χ2v) is 6.09. The van der Waals surface area contributed by atoms with Gasteiger partial charge in [0.2, 0.25) is 11.9 Å². The third-order valence-corrected chi connectivity index (χ3v) is 4.14. The van der Waals surface area contributed by atoms with E-state index in [4.69, 9.17) is 0 Å². The summed E-state index contributed by atoms with van der Waals surface area (Å²) in [4.78, 5) is 11.5. The maximum absolute atomic E-state index is 13.1. The van der Waals surface area contributed by atoms with Gasteiger partial charge in [-0.1, -0.05) is 48.5 Å². The number of hydrogen-bond acceptors (Lipinski definition) is 4. The van der Waals surface area contributed by atoms with Gasteiger partial charge in [0, 0.05) is 5.56 Å². The zero-order valence-electron chi connectivity index (χ0n) is 11.5. The number of alkyl halides is 3. The first kappa shape index (κ1) is 17.2. The molecule has 2 aromatic carbocycles. The maximum Gasteiger partial charge on any atom is 0.423 e. The summed E-state index contributed by atoms with van der Waals surface area (Å²) >= 11 is 0. The molecule has 0 N–H and O–H groups in total. The van der Waals surface area contributed by atoms with Crippen molar-refractivity contribution in [2.24, 2.45) is 0 Å². The summed E-state index contributed by atoms with van der Waals surface area (Å²) in [6.07, 6.45) is -8.27. The fourth-order valence-electron chi connectivity index (χ4n) is 1.77. The Hall–Kier alpha value is -2.19. The van der Waals surface area contributed by atoms with Crippen LogP contribution >= 0.6 is 0 Å². The lowest BCUT2D eigenvalue weighted by atomic mass is 10.1. The van der Waals surface area contributed by atoms with Crippen LogP contribution < -0.4 is 0 Å². The average Bonchev–Trinajstić information content (AvgIpc) is 2.53. The number of Topliss-reactive ketones (excluding diaryl/α,β-unsaturated/α-hetero) is 1. The fourth-order valence-corrected chi connectivity index (χ4v) is 2.82. The van der Waals surface area contributed by atoms with Crippen LogP contribution in [-0.4, -0.2) is 26.5 Å². The van der Waals surface area contributed by atoms with Gasteiger partial charge >= 0.3 is 6.18 Å². The number of benzene rings is 2. The van der Waals surface area contributed by atoms with Crippen LogP contribution in [0.25, 0.3) is 0 Å². The standard InChI is InChI=1S/C15H11F3O4S/c16-15(17,18)14(13(19)11-7-3-1-4-8-11)22-23(20,21)12-9-5-2-6-10-12/h1-10,14H. The molecule has 0 bridgehead atoms. The van der Waals surface area contributed by atoms with Crippen LogP contribution in [0.1, 0.15) is 10.4 Å². The minimum absolute atomic E-state index is 0.293. The van der Waals surface area contributed by atoms with Crippen LogP contribution in [0.15, 0.2) is 65.6 Å². The zero-order valence-corrected chi connectivity index (χ0v) is 12.3. The molecular weight excluding hydrogens is 333 g/mol. The number of carbonyl (C=O) groups excluding carboxylic acids is 1. The van der Waals surface area contributed by atoms with Gasteiger partial charge in [-0.3, -0.25) is 4.79 Å². The first-order valence-corrected chi connectivity index (χ1v) is 7.77. The van der Waals surface area contributed by atoms with E-state index in [9.17, 15) is 26.4 Å². The molecule has 1 unspecified atom stereocenters. The van der Waals surface area contributed by atoms with Crippen molar-refractivity contribution in [2.45, 2.75) is 17.2 Å². The molecule has 0 saturated carbocycles. The lowest BCUT2D eigenvalue weighted by Gasteiger charge is -2.19. The van der Waals surface area contributed by atoms with E-state index in [1.807, 2.05) is 0 Å². The Morgan fingerprint density at radius 2 is 1.39 bits per heavy atom. The second kappa shape index (κ2) is 6.51. The van der Waals surface area contributed by atoms with Gasteiger partial charge in [-0.2, -0.15) is 21.6 Å². The van der Waals surface area contributed by atoms with Crippen LogP contribution in [0.2, 0.25) is 0 Å². The molecule has 0 aliphatic carbocycles. The second-order valence-electron chi connectivity index (χ2n) is 4.52. The molecule has 2 rings (SSSR count). The molecule has 0 aliphatic rings. The maximum atomic E-state index is 13.1. The summed E-state index contributed by atoms with van der Waals surface area (Å²) in [6, 6.07) is 12.9. The SMILES string of the molecule is O=C(c1ccccc1)C(OS(=O)(=O)c1ccccc1)C(F)(F)F. The number of hydrogen-bond donors (Lipinski definition) is 0. The van der Waals surface area contributed by atoms with Crippen LogP contribution in [0.4, 0.5) is 13.2 Å². The van der Waals surface area contributed by atoms with Gasteiger partial charge in [-0.15, -0.1) is 0 Å². The Labute approximate surface area is 130 Å². The van der Waals surface area contributed by atoms with Crippen LogP contribution in [0, 0.1) is 0 Å². The van der Waals surface area contributed by atoms with Gasteiger partial charge in [0.05, 0.1) is 4.90 Å². The van der Waals surface area contributed by atoms with Crippen molar-refractivity contribution in [1.29, 1.82) is 0 Å². The molecular formula is C15H11F3O4S. The first-order chi connectivity index (χ1) is 10.7. The van der Waals surface area contributed by atoms with E-state index in [1.165, 1.54) is 36.4 Å². The normalized spacial score (nSPS) is 13.5.